The van der Waals surface area contributed by atoms with Crippen molar-refractivity contribution in [3.05, 3.63) is 66.6 Å². The number of carbonyl (C=O) groups is 1. The van der Waals surface area contributed by atoms with Gasteiger partial charge in [-0.25, -0.2) is 4.39 Å². The van der Waals surface area contributed by atoms with Gasteiger partial charge in [-0.1, -0.05) is 6.07 Å². The minimum Gasteiger partial charge on any atom is -0.494 e. The minimum atomic E-state index is -0.294. The molecule has 0 spiro atoms. The predicted molar refractivity (Wildman–Crippen MR) is 109 cm³/mol. The van der Waals surface area contributed by atoms with E-state index in [4.69, 9.17) is 4.74 Å². The second-order valence-electron chi connectivity index (χ2n) is 6.68. The number of amides is 1. The number of likely N-dealkylation sites (N-methyl/N-ethyl adjacent to an activating group) is 1. The Morgan fingerprint density at radius 1 is 1.18 bits per heavy atom. The van der Waals surface area contributed by atoms with Gasteiger partial charge in [0.25, 0.3) is 0 Å². The highest BCUT2D eigenvalue weighted by Gasteiger charge is 2.18. The second kappa shape index (κ2) is 9.28. The van der Waals surface area contributed by atoms with Crippen LogP contribution in [0.3, 0.4) is 0 Å². The first-order valence-electron chi connectivity index (χ1n) is 9.28. The van der Waals surface area contributed by atoms with Crippen molar-refractivity contribution >= 4 is 22.5 Å². The third kappa shape index (κ3) is 5.04. The predicted octanol–water partition coefficient (Wildman–Crippen LogP) is 4.10. The molecule has 3 aromatic rings. The van der Waals surface area contributed by atoms with Crippen LogP contribution in [0, 0.1) is 5.82 Å². The number of aromatic nitrogens is 1. The Hall–Kier alpha value is -2.99. The van der Waals surface area contributed by atoms with E-state index in [2.05, 4.69) is 10.3 Å². The molecule has 0 aliphatic rings. The summed E-state index contributed by atoms with van der Waals surface area (Å²) in [5.41, 5.74) is 1.61. The Morgan fingerprint density at radius 3 is 2.75 bits per heavy atom. The molecule has 1 atom stereocenters. The molecular formula is C22H24FN3O2. The van der Waals surface area contributed by atoms with E-state index in [1.165, 1.54) is 12.1 Å². The van der Waals surface area contributed by atoms with Crippen molar-refractivity contribution < 1.29 is 13.9 Å². The van der Waals surface area contributed by atoms with E-state index >= 15 is 0 Å². The zero-order valence-corrected chi connectivity index (χ0v) is 16.1. The lowest BCUT2D eigenvalue weighted by molar-refractivity contribution is -0.120. The number of anilines is 1. The lowest BCUT2D eigenvalue weighted by Gasteiger charge is -2.24. The number of carbonyl (C=O) groups excluding carboxylic acids is 1. The van der Waals surface area contributed by atoms with Crippen LogP contribution in [0.15, 0.2) is 60.8 Å². The summed E-state index contributed by atoms with van der Waals surface area (Å²) in [6.07, 6.45) is 2.49. The molecule has 0 fully saturated rings. The van der Waals surface area contributed by atoms with Crippen LogP contribution in [0.5, 0.6) is 5.75 Å². The van der Waals surface area contributed by atoms with Crippen LogP contribution in [0.4, 0.5) is 10.1 Å². The molecular weight excluding hydrogens is 357 g/mol. The number of nitrogens with zero attached hydrogens (tertiary/aromatic N) is 2. The van der Waals surface area contributed by atoms with Gasteiger partial charge in [-0.3, -0.25) is 14.7 Å². The maximum atomic E-state index is 12.9. The van der Waals surface area contributed by atoms with Gasteiger partial charge in [-0.15, -0.1) is 0 Å². The molecule has 1 N–H and O–H groups in total. The summed E-state index contributed by atoms with van der Waals surface area (Å²) in [5, 5.41) is 3.92. The number of fused-ring (bicyclic) bond motifs is 1. The van der Waals surface area contributed by atoms with Gasteiger partial charge < -0.3 is 10.1 Å². The molecule has 2 aromatic carbocycles. The van der Waals surface area contributed by atoms with Crippen LogP contribution < -0.4 is 10.1 Å². The molecule has 5 nitrogen and oxygen atoms in total. The zero-order valence-electron chi connectivity index (χ0n) is 16.1. The molecule has 0 unspecified atom stereocenters. The number of benzene rings is 2. The fourth-order valence-electron chi connectivity index (χ4n) is 2.88. The molecule has 1 heterocycles. The number of pyridine rings is 1. The highest BCUT2D eigenvalue weighted by Crippen LogP contribution is 2.21. The molecule has 0 aliphatic heterocycles. The number of hydrogen-bond donors (Lipinski definition) is 1. The fourth-order valence-corrected chi connectivity index (χ4v) is 2.88. The summed E-state index contributed by atoms with van der Waals surface area (Å²) in [7, 11) is 1.91. The molecule has 3 rings (SSSR count). The van der Waals surface area contributed by atoms with Crippen molar-refractivity contribution in [2.75, 3.05) is 25.5 Å². The Kier molecular flexibility index (Phi) is 6.55. The standard InChI is InChI=1S/C22H24FN3O2/c1-16(26(2)14-5-15-28-18-11-9-17(23)10-12-18)22(27)25-21-8-3-7-20-19(21)6-4-13-24-20/h3-4,6-13,16H,5,14-15H2,1-2H3,(H,25,27)/t16-/m0/s1. The first-order valence-corrected chi connectivity index (χ1v) is 9.28. The lowest BCUT2D eigenvalue weighted by atomic mass is 10.1. The highest BCUT2D eigenvalue weighted by atomic mass is 19.1. The molecule has 146 valence electrons. The second-order valence-corrected chi connectivity index (χ2v) is 6.68. The molecule has 0 bridgehead atoms. The van der Waals surface area contributed by atoms with Gasteiger partial charge in [0.2, 0.25) is 5.91 Å². The van der Waals surface area contributed by atoms with E-state index in [0.717, 1.165) is 23.0 Å². The van der Waals surface area contributed by atoms with Crippen LogP contribution >= 0.6 is 0 Å². The van der Waals surface area contributed by atoms with Crippen molar-refractivity contribution in [3.8, 4) is 5.75 Å². The maximum Gasteiger partial charge on any atom is 0.241 e. The molecule has 1 amide bonds. The first-order chi connectivity index (χ1) is 13.5. The van der Waals surface area contributed by atoms with Gasteiger partial charge in [0.15, 0.2) is 0 Å². The fraction of sp³-hybridized carbons (Fsp3) is 0.273. The quantitative estimate of drug-likeness (QED) is 0.597. The van der Waals surface area contributed by atoms with Crippen molar-refractivity contribution in [1.82, 2.24) is 9.88 Å². The van der Waals surface area contributed by atoms with E-state index < -0.39 is 0 Å². The molecule has 0 saturated heterocycles. The minimum absolute atomic E-state index is 0.0710. The van der Waals surface area contributed by atoms with Gasteiger partial charge in [0.05, 0.1) is 23.9 Å². The molecule has 0 aliphatic carbocycles. The summed E-state index contributed by atoms with van der Waals surface area (Å²) in [6, 6.07) is 15.1. The number of hydrogen-bond acceptors (Lipinski definition) is 4. The number of rotatable bonds is 8. The summed E-state index contributed by atoms with van der Waals surface area (Å²) in [5.74, 6) is 0.284. The van der Waals surface area contributed by atoms with Crippen LogP contribution in [0.25, 0.3) is 10.9 Å². The molecule has 0 radical (unpaired) electrons. The largest absolute Gasteiger partial charge is 0.494 e. The van der Waals surface area contributed by atoms with Crippen LogP contribution in [0.2, 0.25) is 0 Å². The Bertz CT molecular complexity index is 925. The van der Waals surface area contributed by atoms with Crippen molar-refractivity contribution in [3.63, 3.8) is 0 Å². The highest BCUT2D eigenvalue weighted by molar-refractivity contribution is 6.02. The number of ether oxygens (including phenoxy) is 1. The van der Waals surface area contributed by atoms with Crippen molar-refractivity contribution in [1.29, 1.82) is 0 Å². The Balaban J connectivity index is 1.49. The topological polar surface area (TPSA) is 54.5 Å². The normalized spacial score (nSPS) is 12.1. The van der Waals surface area contributed by atoms with Gasteiger partial charge in [-0.05, 0) is 68.9 Å². The first kappa shape index (κ1) is 19.8. The third-order valence-electron chi connectivity index (χ3n) is 4.68. The average Bonchev–Trinajstić information content (AvgIpc) is 2.72. The Morgan fingerprint density at radius 2 is 1.96 bits per heavy atom. The van der Waals surface area contributed by atoms with E-state index in [1.54, 1.807) is 18.3 Å². The molecule has 1 aromatic heterocycles. The average molecular weight is 381 g/mol. The van der Waals surface area contributed by atoms with Gasteiger partial charge >= 0.3 is 0 Å². The van der Waals surface area contributed by atoms with E-state index in [1.807, 2.05) is 49.2 Å². The number of nitrogens with one attached hydrogen (secondary N) is 1. The number of halogens is 1. The van der Waals surface area contributed by atoms with E-state index in [0.29, 0.717) is 18.9 Å². The summed E-state index contributed by atoms with van der Waals surface area (Å²) in [6.45, 7) is 3.08. The lowest BCUT2D eigenvalue weighted by Crippen LogP contribution is -2.40. The summed E-state index contributed by atoms with van der Waals surface area (Å²) >= 11 is 0. The van der Waals surface area contributed by atoms with Crippen LogP contribution in [-0.4, -0.2) is 42.0 Å². The summed E-state index contributed by atoms with van der Waals surface area (Å²) in [4.78, 5) is 18.9. The van der Waals surface area contributed by atoms with E-state index in [9.17, 15) is 9.18 Å². The van der Waals surface area contributed by atoms with Gasteiger partial charge in [0, 0.05) is 18.1 Å². The van der Waals surface area contributed by atoms with Crippen molar-refractivity contribution in [2.24, 2.45) is 0 Å². The third-order valence-corrected chi connectivity index (χ3v) is 4.68. The zero-order chi connectivity index (χ0) is 19.9. The smallest absolute Gasteiger partial charge is 0.241 e. The van der Waals surface area contributed by atoms with Crippen molar-refractivity contribution in [2.45, 2.75) is 19.4 Å². The maximum absolute atomic E-state index is 12.9. The van der Waals surface area contributed by atoms with Crippen LogP contribution in [0.1, 0.15) is 13.3 Å². The molecule has 0 saturated carbocycles. The van der Waals surface area contributed by atoms with E-state index in [-0.39, 0.29) is 17.8 Å². The van der Waals surface area contributed by atoms with Gasteiger partial charge in [-0.2, -0.15) is 0 Å². The molecule has 6 heteroatoms. The SMILES string of the molecule is C[C@@H](C(=O)Nc1cccc2ncccc12)N(C)CCCOc1ccc(F)cc1. The monoisotopic (exact) mass is 381 g/mol. The van der Waals surface area contributed by atoms with Crippen LogP contribution in [-0.2, 0) is 4.79 Å². The van der Waals surface area contributed by atoms with Gasteiger partial charge in [0.1, 0.15) is 11.6 Å². The summed E-state index contributed by atoms with van der Waals surface area (Å²) < 4.78 is 18.5. The molecule has 28 heavy (non-hydrogen) atoms. The Labute approximate surface area is 164 Å².